The molecule has 2 N–H and O–H groups in total. The van der Waals surface area contributed by atoms with E-state index < -0.39 is 0 Å². The molecule has 0 saturated carbocycles. The predicted octanol–water partition coefficient (Wildman–Crippen LogP) is 4.01. The van der Waals surface area contributed by atoms with Crippen LogP contribution in [-0.2, 0) is 0 Å². The van der Waals surface area contributed by atoms with Crippen LogP contribution in [0.5, 0.6) is 0 Å². The van der Waals surface area contributed by atoms with Gasteiger partial charge >= 0.3 is 0 Å². The zero-order chi connectivity index (χ0) is 15.6. The summed E-state index contributed by atoms with van der Waals surface area (Å²) in [5, 5.41) is 12.5. The molecule has 23 heavy (non-hydrogen) atoms. The zero-order valence-corrected chi connectivity index (χ0v) is 13.6. The number of thioether (sulfide) groups is 1. The third-order valence-corrected chi connectivity index (χ3v) is 4.99. The van der Waals surface area contributed by atoms with Gasteiger partial charge in [-0.25, -0.2) is 0 Å². The number of hydrazone groups is 1. The second-order valence-electron chi connectivity index (χ2n) is 5.00. The predicted molar refractivity (Wildman–Crippen MR) is 96.2 cm³/mol. The standard InChI is InChI=1S/C16H13N5S2/c22-16-20-18-13-14(19-17-12-9-5-2-6-10-12)23-15(21(13)16)11-7-3-1-4-8-11/h1-10,15,17H,(H,20,22)/b19-14-/t15-/m1/s1. The van der Waals surface area contributed by atoms with Gasteiger partial charge in [-0.15, -0.1) is 0 Å². The highest BCUT2D eigenvalue weighted by Gasteiger charge is 2.32. The minimum absolute atomic E-state index is 0.0498. The van der Waals surface area contributed by atoms with Gasteiger partial charge in [0.15, 0.2) is 15.6 Å². The van der Waals surface area contributed by atoms with Crippen molar-refractivity contribution in [2.24, 2.45) is 5.10 Å². The van der Waals surface area contributed by atoms with E-state index in [4.69, 9.17) is 12.2 Å². The van der Waals surface area contributed by atoms with Crippen LogP contribution >= 0.6 is 24.0 Å². The van der Waals surface area contributed by atoms with E-state index in [0.29, 0.717) is 4.77 Å². The highest BCUT2D eigenvalue weighted by atomic mass is 32.2. The van der Waals surface area contributed by atoms with Gasteiger partial charge in [0, 0.05) is 0 Å². The largest absolute Gasteiger partial charge is 0.281 e. The lowest BCUT2D eigenvalue weighted by atomic mass is 10.2. The summed E-state index contributed by atoms with van der Waals surface area (Å²) in [6.07, 6.45) is 0. The van der Waals surface area contributed by atoms with Gasteiger partial charge in [0.05, 0.1) is 5.69 Å². The van der Waals surface area contributed by atoms with Crippen LogP contribution in [0.15, 0.2) is 65.8 Å². The number of nitrogens with one attached hydrogen (secondary N) is 2. The molecule has 0 amide bonds. The van der Waals surface area contributed by atoms with E-state index >= 15 is 0 Å². The first-order valence-electron chi connectivity index (χ1n) is 7.10. The van der Waals surface area contributed by atoms with Crippen molar-refractivity contribution in [2.75, 3.05) is 5.43 Å². The summed E-state index contributed by atoms with van der Waals surface area (Å²) < 4.78 is 2.60. The molecular formula is C16H13N5S2. The number of aromatic nitrogens is 3. The van der Waals surface area contributed by atoms with Crippen LogP contribution in [0.2, 0.25) is 0 Å². The van der Waals surface area contributed by atoms with E-state index in [1.807, 2.05) is 53.1 Å². The molecule has 4 rings (SSSR count). The summed E-state index contributed by atoms with van der Waals surface area (Å²) in [5.41, 5.74) is 5.18. The maximum absolute atomic E-state index is 5.38. The number of H-pyrrole nitrogens is 1. The summed E-state index contributed by atoms with van der Waals surface area (Å²) in [6, 6.07) is 20.1. The number of hydrogen-bond donors (Lipinski definition) is 2. The number of benzene rings is 2. The molecule has 2 aromatic carbocycles. The van der Waals surface area contributed by atoms with Crippen LogP contribution in [0.3, 0.4) is 0 Å². The van der Waals surface area contributed by atoms with Gasteiger partial charge in [0.25, 0.3) is 0 Å². The Labute approximate surface area is 142 Å². The molecule has 7 heteroatoms. The minimum Gasteiger partial charge on any atom is -0.281 e. The molecule has 0 unspecified atom stereocenters. The molecule has 1 aromatic heterocycles. The molecular weight excluding hydrogens is 326 g/mol. The van der Waals surface area contributed by atoms with E-state index in [2.05, 4.69) is 32.9 Å². The SMILES string of the molecule is S=c1[nH]nc2n1[C@@H](c1ccccc1)S/C2=N\Nc1ccccc1. The molecule has 114 valence electrons. The van der Waals surface area contributed by atoms with Gasteiger partial charge in [-0.2, -0.15) is 10.2 Å². The van der Waals surface area contributed by atoms with Crippen molar-refractivity contribution in [3.63, 3.8) is 0 Å². The lowest BCUT2D eigenvalue weighted by Crippen LogP contribution is -2.03. The first-order valence-corrected chi connectivity index (χ1v) is 8.39. The Morgan fingerprint density at radius 1 is 1.09 bits per heavy atom. The third-order valence-electron chi connectivity index (χ3n) is 3.50. The lowest BCUT2D eigenvalue weighted by Gasteiger charge is -2.10. The van der Waals surface area contributed by atoms with Crippen molar-refractivity contribution in [1.82, 2.24) is 14.8 Å². The lowest BCUT2D eigenvalue weighted by molar-refractivity contribution is 0.768. The number of hydrogen-bond acceptors (Lipinski definition) is 5. The first-order chi connectivity index (χ1) is 11.3. The number of para-hydroxylation sites is 1. The number of anilines is 1. The molecule has 0 fully saturated rings. The Hall–Kier alpha value is -2.38. The van der Waals surface area contributed by atoms with E-state index in [1.54, 1.807) is 11.8 Å². The molecule has 2 heterocycles. The minimum atomic E-state index is 0.0498. The van der Waals surface area contributed by atoms with Crippen molar-refractivity contribution in [3.05, 3.63) is 76.8 Å². The van der Waals surface area contributed by atoms with E-state index in [0.717, 1.165) is 16.6 Å². The fraction of sp³-hybridized carbons (Fsp3) is 0.0625. The molecule has 0 aliphatic carbocycles. The van der Waals surface area contributed by atoms with Crippen LogP contribution in [0.4, 0.5) is 5.69 Å². The summed E-state index contributed by atoms with van der Waals surface area (Å²) in [6.45, 7) is 0. The summed E-state index contributed by atoms with van der Waals surface area (Å²) in [4.78, 5) is 0. The highest BCUT2D eigenvalue weighted by Crippen LogP contribution is 2.40. The van der Waals surface area contributed by atoms with Gasteiger partial charge in [-0.05, 0) is 29.9 Å². The van der Waals surface area contributed by atoms with Crippen molar-refractivity contribution >= 4 is 34.7 Å². The van der Waals surface area contributed by atoms with Gasteiger partial charge in [0.1, 0.15) is 5.37 Å². The first kappa shape index (κ1) is 14.2. The number of fused-ring (bicyclic) bond motifs is 1. The Morgan fingerprint density at radius 3 is 2.52 bits per heavy atom. The Kier molecular flexibility index (Phi) is 3.72. The molecule has 5 nitrogen and oxygen atoms in total. The van der Waals surface area contributed by atoms with Crippen molar-refractivity contribution in [3.8, 4) is 0 Å². The molecule has 1 atom stereocenters. The smallest absolute Gasteiger partial charge is 0.196 e. The average Bonchev–Trinajstić information content (AvgIpc) is 3.16. The van der Waals surface area contributed by atoms with Crippen LogP contribution in [0.25, 0.3) is 0 Å². The van der Waals surface area contributed by atoms with Crippen molar-refractivity contribution in [2.45, 2.75) is 5.37 Å². The van der Waals surface area contributed by atoms with Crippen molar-refractivity contribution < 1.29 is 0 Å². The topological polar surface area (TPSA) is 58.0 Å². The molecule has 0 saturated heterocycles. The molecule has 1 aliphatic heterocycles. The summed E-state index contributed by atoms with van der Waals surface area (Å²) in [5.74, 6) is 0.761. The summed E-state index contributed by atoms with van der Waals surface area (Å²) in [7, 11) is 0. The van der Waals surface area contributed by atoms with E-state index in [-0.39, 0.29) is 5.37 Å². The van der Waals surface area contributed by atoms with Gasteiger partial charge in [-0.1, -0.05) is 60.3 Å². The van der Waals surface area contributed by atoms with Crippen molar-refractivity contribution in [1.29, 1.82) is 0 Å². The van der Waals surface area contributed by atoms with E-state index in [9.17, 15) is 0 Å². The van der Waals surface area contributed by atoms with Crippen LogP contribution in [-0.4, -0.2) is 19.8 Å². The molecule has 1 aliphatic rings. The monoisotopic (exact) mass is 339 g/mol. The normalized spacial score (nSPS) is 18.1. The van der Waals surface area contributed by atoms with Crippen LogP contribution in [0.1, 0.15) is 16.8 Å². The third kappa shape index (κ3) is 2.69. The fourth-order valence-electron chi connectivity index (χ4n) is 2.42. The quantitative estimate of drug-likeness (QED) is 0.559. The number of rotatable bonds is 3. The Bertz CT molecular complexity index is 899. The second-order valence-corrected chi connectivity index (χ2v) is 6.45. The van der Waals surface area contributed by atoms with Gasteiger partial charge in [0.2, 0.25) is 0 Å². The summed E-state index contributed by atoms with van der Waals surface area (Å²) >= 11 is 7.01. The fourth-order valence-corrected chi connectivity index (χ4v) is 3.89. The maximum atomic E-state index is 5.38. The zero-order valence-electron chi connectivity index (χ0n) is 12.0. The number of nitrogens with zero attached hydrogens (tertiary/aromatic N) is 3. The Morgan fingerprint density at radius 2 is 1.78 bits per heavy atom. The molecule has 3 aromatic rings. The van der Waals surface area contributed by atoms with Gasteiger partial charge < -0.3 is 0 Å². The number of aromatic amines is 1. The Balaban J connectivity index is 1.70. The molecule has 0 spiro atoms. The highest BCUT2D eigenvalue weighted by molar-refractivity contribution is 8.15. The van der Waals surface area contributed by atoms with Crippen LogP contribution in [0, 0.1) is 4.77 Å². The molecule has 0 bridgehead atoms. The van der Waals surface area contributed by atoms with Crippen LogP contribution < -0.4 is 5.43 Å². The van der Waals surface area contributed by atoms with E-state index in [1.165, 1.54) is 5.56 Å². The molecule has 0 radical (unpaired) electrons. The average molecular weight is 339 g/mol. The second kappa shape index (κ2) is 6.02. The van der Waals surface area contributed by atoms with Gasteiger partial charge in [-0.3, -0.25) is 15.1 Å². The maximum Gasteiger partial charge on any atom is 0.196 e.